The lowest BCUT2D eigenvalue weighted by molar-refractivity contribution is -0.667. The summed E-state index contributed by atoms with van der Waals surface area (Å²) >= 11 is 0. The van der Waals surface area contributed by atoms with Gasteiger partial charge in [0.25, 0.3) is 0 Å². The molecule has 0 saturated carbocycles. The van der Waals surface area contributed by atoms with Crippen LogP contribution in [-0.4, -0.2) is 27.8 Å². The zero-order chi connectivity index (χ0) is 13.7. The molecular weight excluding hydrogens is 260 g/mol. The minimum atomic E-state index is -3.19. The van der Waals surface area contributed by atoms with Gasteiger partial charge in [-0.3, -0.25) is 0 Å². The van der Waals surface area contributed by atoms with Crippen molar-refractivity contribution in [2.75, 3.05) is 19.3 Å². The number of quaternary nitrogens is 1. The van der Waals surface area contributed by atoms with Crippen molar-refractivity contribution in [2.45, 2.75) is 6.54 Å². The van der Waals surface area contributed by atoms with Crippen LogP contribution < -0.4 is 5.32 Å². The molecule has 19 heavy (non-hydrogen) atoms. The molecule has 0 saturated heterocycles. The van der Waals surface area contributed by atoms with Gasteiger partial charge >= 0.3 is 0 Å². The van der Waals surface area contributed by atoms with Crippen molar-refractivity contribution in [3.05, 3.63) is 52.8 Å². The zero-order valence-electron chi connectivity index (χ0n) is 10.9. The van der Waals surface area contributed by atoms with E-state index in [1.807, 2.05) is 12.1 Å². The summed E-state index contributed by atoms with van der Waals surface area (Å²) in [7, 11) is -3.19. The third-order valence-electron chi connectivity index (χ3n) is 2.85. The number of fused-ring (bicyclic) bond motifs is 1. The number of nitrogens with zero attached hydrogens (tertiary/aromatic N) is 1. The molecule has 0 aliphatic carbocycles. The molecule has 2 aromatic rings. The maximum Gasteiger partial charge on any atom is 0.101 e. The van der Waals surface area contributed by atoms with Gasteiger partial charge in [-0.25, -0.2) is 8.42 Å². The summed E-state index contributed by atoms with van der Waals surface area (Å²) in [6, 6.07) is 14.6. The van der Waals surface area contributed by atoms with Gasteiger partial charge in [0.05, 0.1) is 16.6 Å². The molecule has 0 aliphatic heterocycles. The first kappa shape index (κ1) is 14.0. The van der Waals surface area contributed by atoms with Crippen LogP contribution in [0.1, 0.15) is 5.56 Å². The second-order valence-electron chi connectivity index (χ2n) is 4.55. The van der Waals surface area contributed by atoms with E-state index in [-0.39, 0.29) is 0 Å². The molecule has 0 heterocycles. The Morgan fingerprint density at radius 1 is 1.11 bits per heavy atom. The Balaban J connectivity index is 1.85. The predicted octanol–water partition coefficient (Wildman–Crippen LogP) is 1.24. The van der Waals surface area contributed by atoms with E-state index in [9.17, 15) is 8.42 Å². The van der Waals surface area contributed by atoms with Gasteiger partial charge in [-0.2, -0.15) is 0 Å². The van der Waals surface area contributed by atoms with Crippen LogP contribution in [0.15, 0.2) is 42.5 Å². The van der Waals surface area contributed by atoms with Crippen LogP contribution in [-0.2, 0) is 16.6 Å². The standard InChI is InChI=1S/C14H17N2O2S/c1-19(17,18)16-9-8-15-11-12-6-7-13-4-2-3-5-14(13)10-12/h2-7,10,15H,8-9,11H2,1H3/q-1/p+1. The minimum absolute atomic E-state index is 0.340. The Labute approximate surface area is 113 Å². The van der Waals surface area contributed by atoms with E-state index in [4.69, 9.17) is 0 Å². The van der Waals surface area contributed by atoms with Crippen LogP contribution in [0.2, 0.25) is 0 Å². The van der Waals surface area contributed by atoms with Gasteiger partial charge in [0, 0.05) is 11.8 Å². The van der Waals surface area contributed by atoms with Crippen LogP contribution in [0.4, 0.5) is 0 Å². The fraction of sp³-hybridized carbons (Fsp3) is 0.286. The number of hydrogen-bond donors (Lipinski definition) is 1. The molecule has 102 valence electrons. The molecule has 0 bridgehead atoms. The second kappa shape index (κ2) is 6.14. The molecule has 5 heteroatoms. The molecular formula is C14H18N2O2S. The van der Waals surface area contributed by atoms with E-state index < -0.39 is 10.0 Å². The molecule has 2 aromatic carbocycles. The molecule has 0 aliphatic rings. The highest BCUT2D eigenvalue weighted by Crippen LogP contribution is 2.14. The molecule has 0 aromatic heterocycles. The van der Waals surface area contributed by atoms with Crippen molar-refractivity contribution in [1.29, 1.82) is 0 Å². The Morgan fingerprint density at radius 3 is 2.58 bits per heavy atom. The number of benzene rings is 2. The highest BCUT2D eigenvalue weighted by Gasteiger charge is 1.97. The number of hydrogen-bond acceptors (Lipinski definition) is 2. The second-order valence-corrected chi connectivity index (χ2v) is 6.27. The van der Waals surface area contributed by atoms with Crippen LogP contribution >= 0.6 is 0 Å². The van der Waals surface area contributed by atoms with Gasteiger partial charge in [-0.1, -0.05) is 42.9 Å². The summed E-state index contributed by atoms with van der Waals surface area (Å²) < 4.78 is 25.2. The molecule has 0 spiro atoms. The molecule has 2 rings (SSSR count). The average Bonchev–Trinajstić information content (AvgIpc) is 2.37. The van der Waals surface area contributed by atoms with Crippen molar-refractivity contribution in [2.24, 2.45) is 0 Å². The lowest BCUT2D eigenvalue weighted by Gasteiger charge is -2.14. The monoisotopic (exact) mass is 278 g/mol. The van der Waals surface area contributed by atoms with Crippen molar-refractivity contribution in [1.82, 2.24) is 0 Å². The maximum absolute atomic E-state index is 10.8. The molecule has 0 amide bonds. The van der Waals surface area contributed by atoms with E-state index >= 15 is 0 Å². The fourth-order valence-electron chi connectivity index (χ4n) is 1.94. The lowest BCUT2D eigenvalue weighted by Crippen LogP contribution is -2.83. The topological polar surface area (TPSA) is 64.8 Å². The normalized spacial score (nSPS) is 11.8. The molecule has 4 nitrogen and oxygen atoms in total. The quantitative estimate of drug-likeness (QED) is 0.808. The Kier molecular flexibility index (Phi) is 4.52. The third-order valence-corrected chi connectivity index (χ3v) is 3.50. The average molecular weight is 278 g/mol. The summed E-state index contributed by atoms with van der Waals surface area (Å²) in [5.41, 5.74) is 1.23. The van der Waals surface area contributed by atoms with Gasteiger partial charge in [0.1, 0.15) is 6.54 Å². The first-order valence-corrected chi connectivity index (χ1v) is 8.07. The van der Waals surface area contributed by atoms with Crippen molar-refractivity contribution in [3.63, 3.8) is 0 Å². The Bertz CT molecular complexity index is 653. The Hall–Kier alpha value is -1.43. The van der Waals surface area contributed by atoms with Crippen LogP contribution in [0.3, 0.4) is 0 Å². The molecule has 0 radical (unpaired) electrons. The summed E-state index contributed by atoms with van der Waals surface area (Å²) in [4.78, 5) is 0. The van der Waals surface area contributed by atoms with Gasteiger partial charge in [-0.05, 0) is 16.8 Å². The van der Waals surface area contributed by atoms with E-state index in [0.717, 1.165) is 12.8 Å². The van der Waals surface area contributed by atoms with Crippen LogP contribution in [0, 0.1) is 0 Å². The third kappa shape index (κ3) is 4.63. The summed E-state index contributed by atoms with van der Waals surface area (Å²) in [5.74, 6) is 0. The van der Waals surface area contributed by atoms with E-state index in [0.29, 0.717) is 13.1 Å². The number of sulfonamides is 1. The van der Waals surface area contributed by atoms with Gasteiger partial charge < -0.3 is 10.0 Å². The van der Waals surface area contributed by atoms with E-state index in [2.05, 4.69) is 40.4 Å². The Morgan fingerprint density at radius 2 is 1.84 bits per heavy atom. The van der Waals surface area contributed by atoms with Crippen molar-refractivity contribution >= 4 is 20.8 Å². The largest absolute Gasteiger partial charge is 0.545 e. The summed E-state index contributed by atoms with van der Waals surface area (Å²) in [6.07, 6.45) is 1.12. The predicted molar refractivity (Wildman–Crippen MR) is 77.5 cm³/mol. The van der Waals surface area contributed by atoms with Crippen LogP contribution in [0.5, 0.6) is 0 Å². The lowest BCUT2D eigenvalue weighted by atomic mass is 10.1. The van der Waals surface area contributed by atoms with Crippen molar-refractivity contribution < 1.29 is 13.7 Å². The van der Waals surface area contributed by atoms with Gasteiger partial charge in [-0.15, -0.1) is 0 Å². The molecule has 0 unspecified atom stereocenters. The first-order valence-electron chi connectivity index (χ1n) is 6.23. The highest BCUT2D eigenvalue weighted by molar-refractivity contribution is 7.93. The highest BCUT2D eigenvalue weighted by atomic mass is 32.2. The van der Waals surface area contributed by atoms with Crippen molar-refractivity contribution in [3.8, 4) is 0 Å². The minimum Gasteiger partial charge on any atom is -0.545 e. The molecule has 0 fully saturated rings. The smallest absolute Gasteiger partial charge is 0.101 e. The van der Waals surface area contributed by atoms with E-state index in [1.54, 1.807) is 0 Å². The zero-order valence-corrected chi connectivity index (χ0v) is 11.7. The van der Waals surface area contributed by atoms with Gasteiger partial charge in [0.15, 0.2) is 0 Å². The maximum atomic E-state index is 10.8. The van der Waals surface area contributed by atoms with E-state index in [1.165, 1.54) is 16.3 Å². The number of nitrogens with two attached hydrogens (primary N) is 1. The summed E-state index contributed by atoms with van der Waals surface area (Å²) in [5, 5.41) is 4.53. The van der Waals surface area contributed by atoms with Gasteiger partial charge in [0.2, 0.25) is 0 Å². The van der Waals surface area contributed by atoms with Crippen LogP contribution in [0.25, 0.3) is 15.5 Å². The number of rotatable bonds is 6. The SMILES string of the molecule is CS(=O)(=O)[N-]CC[NH2+]Cc1ccc2ccccc2c1. The summed E-state index contributed by atoms with van der Waals surface area (Å²) in [6.45, 7) is 1.86. The molecule has 2 N–H and O–H groups in total. The first-order chi connectivity index (χ1) is 9.04. The molecule has 0 atom stereocenters. The fourth-order valence-corrected chi connectivity index (χ4v) is 2.38.